The van der Waals surface area contributed by atoms with Crippen LogP contribution in [-0.4, -0.2) is 47.1 Å². The molecule has 0 aliphatic carbocycles. The Morgan fingerprint density at radius 1 is 1.44 bits per heavy atom. The van der Waals surface area contributed by atoms with Gasteiger partial charge in [-0.3, -0.25) is 4.79 Å². The fourth-order valence-corrected chi connectivity index (χ4v) is 0.529. The molecule has 0 saturated heterocycles. The molecule has 2 nitrogen and oxygen atoms in total. The van der Waals surface area contributed by atoms with E-state index >= 15 is 0 Å². The molecule has 3 heteroatoms. The Kier molecular flexibility index (Phi) is 11.8. The van der Waals surface area contributed by atoms with Crippen LogP contribution in [0.25, 0.3) is 0 Å². The number of hydrogen-bond donors (Lipinski definition) is 1. The third-order valence-corrected chi connectivity index (χ3v) is 0.919. The molecule has 0 atom stereocenters. The van der Waals surface area contributed by atoms with Crippen LogP contribution < -0.4 is 0 Å². The molecule has 0 aromatic carbocycles. The standard InChI is InChI=1S/C6H12O2.Na.H/c1-2-3-6(8)4-5-7;;/h7H,2-5H2,1H3;;. The molecule has 0 radical (unpaired) electrons. The van der Waals surface area contributed by atoms with Crippen LogP contribution in [0.5, 0.6) is 0 Å². The second kappa shape index (κ2) is 8.63. The molecule has 0 heterocycles. The van der Waals surface area contributed by atoms with Gasteiger partial charge in [0.1, 0.15) is 5.78 Å². The number of rotatable bonds is 4. The Labute approximate surface area is 77.9 Å². The number of carbonyl (C=O) groups is 1. The molecule has 9 heavy (non-hydrogen) atoms. The number of Topliss-reactive ketones (excluding diaryl/α,β-unsaturated/α-hetero) is 1. The zero-order chi connectivity index (χ0) is 6.41. The van der Waals surface area contributed by atoms with Crippen molar-refractivity contribution in [2.24, 2.45) is 0 Å². The van der Waals surface area contributed by atoms with Gasteiger partial charge >= 0.3 is 29.6 Å². The van der Waals surface area contributed by atoms with E-state index in [1.807, 2.05) is 6.92 Å². The van der Waals surface area contributed by atoms with Gasteiger partial charge in [0.2, 0.25) is 0 Å². The quantitative estimate of drug-likeness (QED) is 0.562. The van der Waals surface area contributed by atoms with Crippen molar-refractivity contribution in [1.29, 1.82) is 0 Å². The Balaban J connectivity index is 0. The first kappa shape index (κ1) is 12.3. The molecule has 1 N–H and O–H groups in total. The van der Waals surface area contributed by atoms with E-state index in [0.29, 0.717) is 12.8 Å². The minimum atomic E-state index is -0.00116. The van der Waals surface area contributed by atoms with Crippen LogP contribution >= 0.6 is 0 Å². The summed E-state index contributed by atoms with van der Waals surface area (Å²) in [4.78, 5) is 10.5. The van der Waals surface area contributed by atoms with Gasteiger partial charge in [0.05, 0.1) is 0 Å². The SMILES string of the molecule is CCCC(=O)CCO.[NaH]. The van der Waals surface area contributed by atoms with Crippen LogP contribution in [-0.2, 0) is 4.79 Å². The Morgan fingerprint density at radius 2 is 2.00 bits per heavy atom. The number of ketones is 1. The Morgan fingerprint density at radius 3 is 2.33 bits per heavy atom. The van der Waals surface area contributed by atoms with Gasteiger partial charge in [-0.25, -0.2) is 0 Å². The van der Waals surface area contributed by atoms with Gasteiger partial charge in [0.15, 0.2) is 0 Å². The Bertz CT molecular complexity index is 65.5. The van der Waals surface area contributed by atoms with E-state index in [0.717, 1.165) is 6.42 Å². The zero-order valence-electron chi connectivity index (χ0n) is 5.18. The zero-order valence-corrected chi connectivity index (χ0v) is 5.18. The summed E-state index contributed by atoms with van der Waals surface area (Å²) in [6.45, 7) is 1.95. The van der Waals surface area contributed by atoms with Crippen molar-refractivity contribution in [3.05, 3.63) is 0 Å². The van der Waals surface area contributed by atoms with E-state index in [-0.39, 0.29) is 41.9 Å². The van der Waals surface area contributed by atoms with Crippen molar-refractivity contribution in [2.75, 3.05) is 6.61 Å². The van der Waals surface area contributed by atoms with Crippen LogP contribution in [0, 0.1) is 0 Å². The summed E-state index contributed by atoms with van der Waals surface area (Å²) >= 11 is 0. The topological polar surface area (TPSA) is 37.3 Å². The van der Waals surface area contributed by atoms with Crippen molar-refractivity contribution in [2.45, 2.75) is 26.2 Å². The fraction of sp³-hybridized carbons (Fsp3) is 0.833. The summed E-state index contributed by atoms with van der Waals surface area (Å²) in [6, 6.07) is 0. The molecule has 0 unspecified atom stereocenters. The van der Waals surface area contributed by atoms with E-state index in [4.69, 9.17) is 5.11 Å². The molecule has 0 rings (SSSR count). The van der Waals surface area contributed by atoms with Crippen LogP contribution in [0.4, 0.5) is 0 Å². The van der Waals surface area contributed by atoms with Crippen molar-refractivity contribution < 1.29 is 9.90 Å². The number of carbonyl (C=O) groups excluding carboxylic acids is 1. The predicted octanol–water partition coefficient (Wildman–Crippen LogP) is 0.0895. The van der Waals surface area contributed by atoms with E-state index in [9.17, 15) is 4.79 Å². The van der Waals surface area contributed by atoms with Gasteiger partial charge in [0.25, 0.3) is 0 Å². The third-order valence-electron chi connectivity index (χ3n) is 0.919. The fourth-order valence-electron chi connectivity index (χ4n) is 0.529. The molecule has 0 saturated carbocycles. The molecule has 0 amide bonds. The number of aliphatic hydroxyl groups excluding tert-OH is 1. The van der Waals surface area contributed by atoms with Crippen LogP contribution in [0.15, 0.2) is 0 Å². The van der Waals surface area contributed by atoms with Gasteiger partial charge < -0.3 is 5.11 Å². The Hall–Kier alpha value is 0.630. The second-order valence-electron chi connectivity index (χ2n) is 1.76. The minimum absolute atomic E-state index is 0. The summed E-state index contributed by atoms with van der Waals surface area (Å²) in [5.74, 6) is 0.162. The summed E-state index contributed by atoms with van der Waals surface area (Å²) < 4.78 is 0. The first-order valence-corrected chi connectivity index (χ1v) is 2.93. The first-order chi connectivity index (χ1) is 3.81. The maximum absolute atomic E-state index is 10.5. The predicted molar refractivity (Wildman–Crippen MR) is 38.8 cm³/mol. The average Bonchev–Trinajstić information content (AvgIpc) is 1.68. The molecular weight excluding hydrogens is 127 g/mol. The molecule has 0 aromatic heterocycles. The van der Waals surface area contributed by atoms with Crippen molar-refractivity contribution in [3.63, 3.8) is 0 Å². The molecule has 0 aliphatic heterocycles. The van der Waals surface area contributed by atoms with E-state index in [1.54, 1.807) is 0 Å². The maximum atomic E-state index is 10.5. The van der Waals surface area contributed by atoms with E-state index in [2.05, 4.69) is 0 Å². The first-order valence-electron chi connectivity index (χ1n) is 2.93. The van der Waals surface area contributed by atoms with Gasteiger partial charge in [-0.05, 0) is 6.42 Å². The molecule has 0 spiro atoms. The van der Waals surface area contributed by atoms with Gasteiger partial charge in [-0.1, -0.05) is 6.92 Å². The van der Waals surface area contributed by atoms with Gasteiger partial charge in [-0.15, -0.1) is 0 Å². The third kappa shape index (κ3) is 8.63. The summed E-state index contributed by atoms with van der Waals surface area (Å²) in [7, 11) is 0. The summed E-state index contributed by atoms with van der Waals surface area (Å²) in [5, 5.41) is 8.24. The van der Waals surface area contributed by atoms with Crippen molar-refractivity contribution >= 4 is 35.3 Å². The van der Waals surface area contributed by atoms with Gasteiger partial charge in [0, 0.05) is 19.4 Å². The molecule has 50 valence electrons. The van der Waals surface area contributed by atoms with Crippen LogP contribution in [0.1, 0.15) is 26.2 Å². The van der Waals surface area contributed by atoms with E-state index < -0.39 is 0 Å². The molecule has 0 aliphatic rings. The van der Waals surface area contributed by atoms with Crippen LogP contribution in [0.3, 0.4) is 0 Å². The summed E-state index contributed by atoms with van der Waals surface area (Å²) in [6.07, 6.45) is 1.83. The van der Waals surface area contributed by atoms with Crippen molar-refractivity contribution in [3.8, 4) is 0 Å². The second-order valence-corrected chi connectivity index (χ2v) is 1.76. The number of hydrogen-bond acceptors (Lipinski definition) is 2. The monoisotopic (exact) mass is 140 g/mol. The van der Waals surface area contributed by atoms with Crippen molar-refractivity contribution in [1.82, 2.24) is 0 Å². The molecular formula is C6H13NaO2. The molecule has 0 bridgehead atoms. The van der Waals surface area contributed by atoms with E-state index in [1.165, 1.54) is 0 Å². The van der Waals surface area contributed by atoms with Gasteiger partial charge in [-0.2, -0.15) is 0 Å². The normalized spacial score (nSPS) is 8.22. The summed E-state index contributed by atoms with van der Waals surface area (Å²) in [5.41, 5.74) is 0. The van der Waals surface area contributed by atoms with Crippen LogP contribution in [0.2, 0.25) is 0 Å². The molecule has 0 aromatic rings. The number of aliphatic hydroxyl groups is 1. The molecule has 0 fully saturated rings. The average molecular weight is 140 g/mol.